The van der Waals surface area contributed by atoms with Crippen LogP contribution in [-0.2, 0) is 17.0 Å². The van der Waals surface area contributed by atoms with Crippen molar-refractivity contribution in [2.45, 2.75) is 17.3 Å². The van der Waals surface area contributed by atoms with Gasteiger partial charge in [-0.05, 0) is 17.0 Å². The molecular formula is C23H19N3O2S. The summed E-state index contributed by atoms with van der Waals surface area (Å²) in [5.74, 6) is 0.480. The first kappa shape index (κ1) is 19.0. The molecule has 0 bridgehead atoms. The van der Waals surface area contributed by atoms with Crippen molar-refractivity contribution >= 4 is 34.1 Å². The number of aromatic nitrogens is 2. The minimum atomic E-state index is -0.261. The van der Waals surface area contributed by atoms with E-state index in [2.05, 4.69) is 15.3 Å². The van der Waals surface area contributed by atoms with Gasteiger partial charge in [-0.15, -0.1) is 0 Å². The number of hydrogen-bond donors (Lipinski definition) is 2. The largest absolute Gasteiger partial charge is 0.325 e. The number of nitrogens with one attached hydrogen (secondary N) is 2. The lowest BCUT2D eigenvalue weighted by atomic mass is 10.1. The van der Waals surface area contributed by atoms with Gasteiger partial charge >= 0.3 is 0 Å². The summed E-state index contributed by atoms with van der Waals surface area (Å²) in [6, 6.07) is 25.0. The fourth-order valence-electron chi connectivity index (χ4n) is 3.06. The summed E-state index contributed by atoms with van der Waals surface area (Å²) in [6.07, 6.45) is 0.0338. The zero-order chi connectivity index (χ0) is 20.1. The van der Waals surface area contributed by atoms with E-state index in [0.717, 1.165) is 22.0 Å². The molecule has 144 valence electrons. The molecule has 0 radical (unpaired) electrons. The molecule has 0 saturated carbocycles. The van der Waals surface area contributed by atoms with E-state index in [4.69, 9.17) is 0 Å². The third kappa shape index (κ3) is 4.92. The van der Waals surface area contributed by atoms with Crippen LogP contribution in [0.4, 0.5) is 5.69 Å². The van der Waals surface area contributed by atoms with Gasteiger partial charge in [-0.3, -0.25) is 9.59 Å². The van der Waals surface area contributed by atoms with Crippen LogP contribution in [0.1, 0.15) is 11.3 Å². The lowest BCUT2D eigenvalue weighted by Crippen LogP contribution is -2.18. The summed E-state index contributed by atoms with van der Waals surface area (Å²) < 4.78 is 0. The van der Waals surface area contributed by atoms with Crippen LogP contribution in [0.3, 0.4) is 0 Å². The Morgan fingerprint density at radius 1 is 0.966 bits per heavy atom. The number of benzene rings is 3. The van der Waals surface area contributed by atoms with Crippen LogP contribution < -0.4 is 10.9 Å². The van der Waals surface area contributed by atoms with Crippen molar-refractivity contribution in [3.8, 4) is 0 Å². The van der Waals surface area contributed by atoms with E-state index in [-0.39, 0.29) is 17.9 Å². The van der Waals surface area contributed by atoms with Crippen molar-refractivity contribution in [2.24, 2.45) is 0 Å². The molecule has 4 aromatic rings. The average molecular weight is 401 g/mol. The highest BCUT2D eigenvalue weighted by atomic mass is 32.2. The van der Waals surface area contributed by atoms with Crippen LogP contribution >= 0.6 is 11.8 Å². The summed E-state index contributed by atoms with van der Waals surface area (Å²) in [5, 5.41) is 5.47. The lowest BCUT2D eigenvalue weighted by molar-refractivity contribution is -0.115. The molecule has 3 aromatic carbocycles. The lowest BCUT2D eigenvalue weighted by Gasteiger charge is -2.09. The van der Waals surface area contributed by atoms with E-state index in [1.807, 2.05) is 72.8 Å². The van der Waals surface area contributed by atoms with E-state index in [0.29, 0.717) is 16.6 Å². The first-order valence-corrected chi connectivity index (χ1v) is 10.2. The Hall–Kier alpha value is -3.38. The van der Waals surface area contributed by atoms with Gasteiger partial charge in [0.25, 0.3) is 5.56 Å². The topological polar surface area (TPSA) is 74.8 Å². The third-order valence-corrected chi connectivity index (χ3v) is 5.34. The molecule has 0 saturated heterocycles. The minimum Gasteiger partial charge on any atom is -0.325 e. The number of fused-ring (bicyclic) bond motifs is 1. The van der Waals surface area contributed by atoms with E-state index < -0.39 is 0 Å². The highest BCUT2D eigenvalue weighted by Gasteiger charge is 2.10. The average Bonchev–Trinajstić information content (AvgIpc) is 2.73. The van der Waals surface area contributed by atoms with Gasteiger partial charge in [0.1, 0.15) is 0 Å². The molecule has 1 heterocycles. The van der Waals surface area contributed by atoms with E-state index in [9.17, 15) is 9.59 Å². The number of carbonyl (C=O) groups excluding carboxylic acids is 1. The van der Waals surface area contributed by atoms with Crippen LogP contribution in [0.15, 0.2) is 88.8 Å². The summed E-state index contributed by atoms with van der Waals surface area (Å²) in [7, 11) is 0. The normalized spacial score (nSPS) is 10.8. The van der Waals surface area contributed by atoms with Crippen molar-refractivity contribution < 1.29 is 4.79 Å². The number of amides is 1. The van der Waals surface area contributed by atoms with Gasteiger partial charge in [-0.2, -0.15) is 0 Å². The SMILES string of the molecule is O=C(Cc1cc(=O)[nH]c(SCc2ccccc2)n1)Nc1cccc2ccccc12. The fourth-order valence-corrected chi connectivity index (χ4v) is 3.91. The number of thioether (sulfide) groups is 1. The second-order valence-corrected chi connectivity index (χ2v) is 7.53. The number of anilines is 1. The van der Waals surface area contributed by atoms with Gasteiger partial charge in [0.15, 0.2) is 5.16 Å². The van der Waals surface area contributed by atoms with Gasteiger partial charge in [0.05, 0.1) is 12.1 Å². The maximum absolute atomic E-state index is 12.6. The van der Waals surface area contributed by atoms with Crippen LogP contribution in [0, 0.1) is 0 Å². The fraction of sp³-hybridized carbons (Fsp3) is 0.0870. The summed E-state index contributed by atoms with van der Waals surface area (Å²) in [6.45, 7) is 0. The van der Waals surface area contributed by atoms with E-state index in [1.165, 1.54) is 17.8 Å². The Bertz CT molecular complexity index is 1200. The predicted molar refractivity (Wildman–Crippen MR) is 117 cm³/mol. The van der Waals surface area contributed by atoms with E-state index in [1.54, 1.807) is 0 Å². The standard InChI is InChI=1S/C23H19N3O2S/c27-21(25-20-12-6-10-17-9-4-5-11-19(17)20)13-18-14-22(28)26-23(24-18)29-15-16-7-2-1-3-8-16/h1-12,14H,13,15H2,(H,25,27)(H,24,26,28). The molecule has 0 fully saturated rings. The zero-order valence-corrected chi connectivity index (χ0v) is 16.4. The Kier molecular flexibility index (Phi) is 5.72. The van der Waals surface area contributed by atoms with Gasteiger partial charge in [-0.25, -0.2) is 4.98 Å². The van der Waals surface area contributed by atoms with Crippen LogP contribution in [0.5, 0.6) is 0 Å². The van der Waals surface area contributed by atoms with Gasteiger partial charge < -0.3 is 10.3 Å². The minimum absolute atomic E-state index is 0.0338. The summed E-state index contributed by atoms with van der Waals surface area (Å²) in [4.78, 5) is 31.7. The van der Waals surface area contributed by atoms with Crippen LogP contribution in [0.25, 0.3) is 10.8 Å². The summed E-state index contributed by atoms with van der Waals surface area (Å²) >= 11 is 1.44. The van der Waals surface area contributed by atoms with Crippen molar-refractivity contribution in [1.82, 2.24) is 9.97 Å². The molecule has 1 aromatic heterocycles. The number of hydrogen-bond acceptors (Lipinski definition) is 4. The van der Waals surface area contributed by atoms with E-state index >= 15 is 0 Å². The molecular weight excluding hydrogens is 382 g/mol. The first-order valence-electron chi connectivity index (χ1n) is 9.22. The van der Waals surface area contributed by atoms with Crippen LogP contribution in [-0.4, -0.2) is 15.9 Å². The highest BCUT2D eigenvalue weighted by Crippen LogP contribution is 2.23. The Labute approximate surface area is 172 Å². The maximum Gasteiger partial charge on any atom is 0.251 e. The Morgan fingerprint density at radius 2 is 1.72 bits per heavy atom. The van der Waals surface area contributed by atoms with Crippen LogP contribution in [0.2, 0.25) is 0 Å². The molecule has 0 spiro atoms. The Morgan fingerprint density at radius 3 is 2.59 bits per heavy atom. The molecule has 4 rings (SSSR count). The second kappa shape index (κ2) is 8.75. The molecule has 0 atom stereocenters. The van der Waals surface area contributed by atoms with Crippen molar-refractivity contribution in [3.63, 3.8) is 0 Å². The number of nitrogens with zero attached hydrogens (tertiary/aromatic N) is 1. The molecule has 0 unspecified atom stereocenters. The molecule has 29 heavy (non-hydrogen) atoms. The molecule has 5 nitrogen and oxygen atoms in total. The number of aromatic amines is 1. The van der Waals surface area contributed by atoms with Crippen molar-refractivity contribution in [3.05, 3.63) is 100 Å². The first-order chi connectivity index (χ1) is 14.2. The monoisotopic (exact) mass is 401 g/mol. The molecule has 1 amide bonds. The quantitative estimate of drug-likeness (QED) is 0.371. The number of carbonyl (C=O) groups is 1. The van der Waals surface area contributed by atoms with Gasteiger partial charge in [0.2, 0.25) is 5.91 Å². The predicted octanol–water partition coefficient (Wildman–Crippen LogP) is 4.40. The maximum atomic E-state index is 12.6. The number of rotatable bonds is 6. The molecule has 6 heteroatoms. The zero-order valence-electron chi connectivity index (χ0n) is 15.6. The number of H-pyrrole nitrogens is 1. The van der Waals surface area contributed by atoms with Crippen molar-refractivity contribution in [1.29, 1.82) is 0 Å². The van der Waals surface area contributed by atoms with Gasteiger partial charge in [-0.1, -0.05) is 78.5 Å². The molecule has 0 aliphatic heterocycles. The molecule has 0 aliphatic rings. The summed E-state index contributed by atoms with van der Waals surface area (Å²) in [5.41, 5.74) is 2.07. The third-order valence-electron chi connectivity index (χ3n) is 4.40. The van der Waals surface area contributed by atoms with Gasteiger partial charge in [0, 0.05) is 22.9 Å². The van der Waals surface area contributed by atoms with Crippen molar-refractivity contribution in [2.75, 3.05) is 5.32 Å². The molecule has 0 aliphatic carbocycles. The molecule has 2 N–H and O–H groups in total. The smallest absolute Gasteiger partial charge is 0.251 e. The Balaban J connectivity index is 1.46. The second-order valence-electron chi connectivity index (χ2n) is 6.57. The highest BCUT2D eigenvalue weighted by molar-refractivity contribution is 7.98.